The van der Waals surface area contributed by atoms with Crippen LogP contribution in [0.25, 0.3) is 33.0 Å². The molecule has 0 aliphatic carbocycles. The lowest BCUT2D eigenvalue weighted by molar-refractivity contribution is 1.23. The van der Waals surface area contributed by atoms with Crippen LogP contribution in [0, 0.1) is 13.8 Å². The number of rotatable bonds is 8. The number of anilines is 6. The van der Waals surface area contributed by atoms with E-state index in [-0.39, 0.29) is 0 Å². The van der Waals surface area contributed by atoms with Crippen molar-refractivity contribution in [2.24, 2.45) is 0 Å². The van der Waals surface area contributed by atoms with Crippen molar-refractivity contribution in [2.45, 2.75) is 13.8 Å². The number of hydrogen-bond acceptors (Lipinski definition) is 2. The summed E-state index contributed by atoms with van der Waals surface area (Å²) in [5.74, 6) is 0. The Morgan fingerprint density at radius 3 is 0.900 bits per heavy atom. The second-order valence-electron chi connectivity index (χ2n) is 12.9. The molecule has 0 fully saturated rings. The molecule has 0 aliphatic rings. The SMILES string of the molecule is Cc1ccc(N(c2ccc(-c3ccccc3)cc2)c2cc3ccccc3cc2N(c2ccc(C)cc2)c2ccc(-c3ccccc3)cc2)cc1. The van der Waals surface area contributed by atoms with E-state index in [4.69, 9.17) is 0 Å². The Bertz CT molecular complexity index is 2170. The molecule has 0 unspecified atom stereocenters. The first-order chi connectivity index (χ1) is 24.6. The molecule has 2 nitrogen and oxygen atoms in total. The maximum absolute atomic E-state index is 2.40. The molecule has 2 heteroatoms. The van der Waals surface area contributed by atoms with E-state index >= 15 is 0 Å². The highest BCUT2D eigenvalue weighted by Gasteiger charge is 2.23. The van der Waals surface area contributed by atoms with E-state index in [0.717, 1.165) is 34.1 Å². The van der Waals surface area contributed by atoms with Crippen molar-refractivity contribution in [3.05, 3.63) is 205 Å². The van der Waals surface area contributed by atoms with E-state index in [1.165, 1.54) is 44.2 Å². The minimum Gasteiger partial charge on any atom is -0.308 e. The molecule has 0 aliphatic heterocycles. The fourth-order valence-corrected chi connectivity index (χ4v) is 6.68. The van der Waals surface area contributed by atoms with Crippen LogP contribution in [0.1, 0.15) is 11.1 Å². The Morgan fingerprint density at radius 1 is 0.280 bits per heavy atom. The lowest BCUT2D eigenvalue weighted by atomic mass is 10.0. The minimum absolute atomic E-state index is 1.09. The quantitative estimate of drug-likeness (QED) is 0.163. The van der Waals surface area contributed by atoms with Gasteiger partial charge in [0.05, 0.1) is 11.4 Å². The van der Waals surface area contributed by atoms with Gasteiger partial charge in [-0.05, 0) is 108 Å². The van der Waals surface area contributed by atoms with Gasteiger partial charge in [-0.3, -0.25) is 0 Å². The molecule has 0 heterocycles. The minimum atomic E-state index is 1.09. The van der Waals surface area contributed by atoms with Gasteiger partial charge in [0.1, 0.15) is 0 Å². The highest BCUT2D eigenvalue weighted by Crippen LogP contribution is 2.47. The third kappa shape index (κ3) is 6.27. The fraction of sp³-hybridized carbons (Fsp3) is 0.0417. The van der Waals surface area contributed by atoms with E-state index in [1.807, 2.05) is 0 Å². The van der Waals surface area contributed by atoms with E-state index in [9.17, 15) is 0 Å². The molecular weight excluding hydrogens is 605 g/mol. The van der Waals surface area contributed by atoms with Crippen LogP contribution in [0.3, 0.4) is 0 Å². The van der Waals surface area contributed by atoms with Crippen molar-refractivity contribution >= 4 is 44.9 Å². The lowest BCUT2D eigenvalue weighted by Crippen LogP contribution is -2.17. The van der Waals surface area contributed by atoms with Gasteiger partial charge in [0.15, 0.2) is 0 Å². The molecule has 0 spiro atoms. The number of benzene rings is 8. The zero-order valence-corrected chi connectivity index (χ0v) is 28.4. The summed E-state index contributed by atoms with van der Waals surface area (Å²) in [6, 6.07) is 70.1. The highest BCUT2D eigenvalue weighted by molar-refractivity contribution is 6.00. The second-order valence-corrected chi connectivity index (χ2v) is 12.9. The molecule has 0 saturated heterocycles. The third-order valence-corrected chi connectivity index (χ3v) is 9.37. The van der Waals surface area contributed by atoms with E-state index in [0.29, 0.717) is 0 Å². The van der Waals surface area contributed by atoms with E-state index < -0.39 is 0 Å². The first kappa shape index (κ1) is 30.9. The van der Waals surface area contributed by atoms with Crippen LogP contribution in [0.15, 0.2) is 194 Å². The molecule has 8 aromatic rings. The van der Waals surface area contributed by atoms with Crippen LogP contribution in [-0.2, 0) is 0 Å². The predicted molar refractivity (Wildman–Crippen MR) is 214 cm³/mol. The summed E-state index contributed by atoms with van der Waals surface area (Å²) in [5.41, 5.74) is 13.8. The largest absolute Gasteiger partial charge is 0.308 e. The van der Waals surface area contributed by atoms with Crippen LogP contribution >= 0.6 is 0 Å². The molecule has 240 valence electrons. The van der Waals surface area contributed by atoms with Crippen LogP contribution in [0.2, 0.25) is 0 Å². The molecular formula is C48H38N2. The Hall–Kier alpha value is -6.38. The van der Waals surface area contributed by atoms with Gasteiger partial charge in [-0.15, -0.1) is 0 Å². The molecule has 0 saturated carbocycles. The van der Waals surface area contributed by atoms with Gasteiger partial charge in [0.2, 0.25) is 0 Å². The van der Waals surface area contributed by atoms with Gasteiger partial charge in [-0.1, -0.05) is 145 Å². The number of hydrogen-bond donors (Lipinski definition) is 0. The highest BCUT2D eigenvalue weighted by atomic mass is 15.2. The zero-order chi connectivity index (χ0) is 33.9. The summed E-state index contributed by atoms with van der Waals surface area (Å²) in [7, 11) is 0. The summed E-state index contributed by atoms with van der Waals surface area (Å²) in [6.45, 7) is 4.28. The number of nitrogens with zero attached hydrogens (tertiary/aromatic N) is 2. The number of fused-ring (bicyclic) bond motifs is 1. The van der Waals surface area contributed by atoms with E-state index in [2.05, 4.69) is 218 Å². The second kappa shape index (κ2) is 13.6. The molecule has 0 amide bonds. The van der Waals surface area contributed by atoms with E-state index in [1.54, 1.807) is 0 Å². The fourth-order valence-electron chi connectivity index (χ4n) is 6.68. The average Bonchev–Trinajstić information content (AvgIpc) is 3.18. The van der Waals surface area contributed by atoms with Gasteiger partial charge in [-0.25, -0.2) is 0 Å². The smallest absolute Gasteiger partial charge is 0.0708 e. The van der Waals surface area contributed by atoms with Gasteiger partial charge in [-0.2, -0.15) is 0 Å². The van der Waals surface area contributed by atoms with Gasteiger partial charge >= 0.3 is 0 Å². The molecule has 0 atom stereocenters. The monoisotopic (exact) mass is 642 g/mol. The van der Waals surface area contributed by atoms with Gasteiger partial charge in [0, 0.05) is 22.7 Å². The molecule has 0 N–H and O–H groups in total. The topological polar surface area (TPSA) is 6.48 Å². The van der Waals surface area contributed by atoms with Crippen LogP contribution in [0.4, 0.5) is 34.1 Å². The first-order valence-corrected chi connectivity index (χ1v) is 17.2. The zero-order valence-electron chi connectivity index (χ0n) is 28.4. The van der Waals surface area contributed by atoms with Crippen molar-refractivity contribution in [3.8, 4) is 22.3 Å². The summed E-state index contributed by atoms with van der Waals surface area (Å²) < 4.78 is 0. The summed E-state index contributed by atoms with van der Waals surface area (Å²) in [5, 5.41) is 2.38. The Balaban J connectivity index is 1.35. The van der Waals surface area contributed by atoms with Crippen molar-refractivity contribution in [3.63, 3.8) is 0 Å². The van der Waals surface area contributed by atoms with Crippen LogP contribution < -0.4 is 9.80 Å². The maximum atomic E-state index is 2.40. The molecule has 0 bridgehead atoms. The average molecular weight is 643 g/mol. The van der Waals surface area contributed by atoms with Gasteiger partial charge < -0.3 is 9.80 Å². The summed E-state index contributed by atoms with van der Waals surface area (Å²) >= 11 is 0. The van der Waals surface area contributed by atoms with Crippen molar-refractivity contribution in [2.75, 3.05) is 9.80 Å². The van der Waals surface area contributed by atoms with Crippen molar-refractivity contribution in [1.82, 2.24) is 0 Å². The Kier molecular flexibility index (Phi) is 8.42. The molecule has 8 rings (SSSR count). The molecule has 50 heavy (non-hydrogen) atoms. The lowest BCUT2D eigenvalue weighted by Gasteiger charge is -2.34. The Labute approximate surface area is 295 Å². The first-order valence-electron chi connectivity index (χ1n) is 17.2. The molecule has 0 aromatic heterocycles. The maximum Gasteiger partial charge on any atom is 0.0708 e. The van der Waals surface area contributed by atoms with Crippen LogP contribution in [-0.4, -0.2) is 0 Å². The predicted octanol–water partition coefficient (Wildman–Crippen LogP) is 13.7. The molecule has 8 aromatic carbocycles. The van der Waals surface area contributed by atoms with Crippen molar-refractivity contribution < 1.29 is 0 Å². The normalized spacial score (nSPS) is 11.0. The summed E-state index contributed by atoms with van der Waals surface area (Å²) in [4.78, 5) is 4.80. The summed E-state index contributed by atoms with van der Waals surface area (Å²) in [6.07, 6.45) is 0. The molecule has 0 radical (unpaired) electrons. The van der Waals surface area contributed by atoms with Gasteiger partial charge in [0.25, 0.3) is 0 Å². The Morgan fingerprint density at radius 2 is 0.560 bits per heavy atom. The standard InChI is InChI=1S/C48H38N2/c1-35-17-25-43(26-18-35)49(45-29-21-39(22-30-45)37-11-5-3-6-12-37)47-33-41-15-9-10-16-42(41)34-48(47)50(44-27-19-36(2)20-28-44)46-31-23-40(24-32-46)38-13-7-4-8-14-38/h3-34H,1-2H3. The van der Waals surface area contributed by atoms with Crippen LogP contribution in [0.5, 0.6) is 0 Å². The third-order valence-electron chi connectivity index (χ3n) is 9.37. The number of aryl methyl sites for hydroxylation is 2. The van der Waals surface area contributed by atoms with Crippen molar-refractivity contribution in [1.29, 1.82) is 0 Å².